The predicted molar refractivity (Wildman–Crippen MR) is 63.6 cm³/mol. The minimum atomic E-state index is -4.48. The molecule has 0 spiro atoms. The number of hydrogen-bond donors (Lipinski definition) is 0. The molecule has 104 valence electrons. The normalized spacial score (nSPS) is 15.7. The molecule has 1 aromatic rings. The minimum Gasteiger partial charge on any atom is -0.333 e. The zero-order chi connectivity index (χ0) is 14.2. The van der Waals surface area contributed by atoms with Crippen LogP contribution in [-0.2, 0) is 6.18 Å². The minimum absolute atomic E-state index is 0.0299. The molecule has 1 fully saturated rings. The molecular formula is C13H15F3N2O. The Morgan fingerprint density at radius 1 is 1.37 bits per heavy atom. The van der Waals surface area contributed by atoms with Gasteiger partial charge < -0.3 is 4.90 Å². The molecule has 0 radical (unpaired) electrons. The third-order valence-electron chi connectivity index (χ3n) is 3.03. The molecule has 19 heavy (non-hydrogen) atoms. The fourth-order valence-electron chi connectivity index (χ4n) is 2.01. The summed E-state index contributed by atoms with van der Waals surface area (Å²) in [5.41, 5.74) is -0.778. The summed E-state index contributed by atoms with van der Waals surface area (Å²) in [6, 6.07) is 2.28. The van der Waals surface area contributed by atoms with Gasteiger partial charge in [0.15, 0.2) is 0 Å². The number of halogens is 3. The van der Waals surface area contributed by atoms with E-state index in [4.69, 9.17) is 0 Å². The third kappa shape index (κ3) is 3.05. The zero-order valence-corrected chi connectivity index (χ0v) is 10.7. The second kappa shape index (κ2) is 4.83. The van der Waals surface area contributed by atoms with Crippen LogP contribution in [0.5, 0.6) is 0 Å². The highest BCUT2D eigenvalue weighted by molar-refractivity contribution is 5.94. The highest BCUT2D eigenvalue weighted by atomic mass is 19.4. The van der Waals surface area contributed by atoms with Gasteiger partial charge in [0.25, 0.3) is 5.91 Å². The summed E-state index contributed by atoms with van der Waals surface area (Å²) in [7, 11) is 0. The molecule has 0 unspecified atom stereocenters. The van der Waals surface area contributed by atoms with Gasteiger partial charge >= 0.3 is 6.18 Å². The molecule has 0 atom stereocenters. The Balaban J connectivity index is 2.19. The first-order valence-corrected chi connectivity index (χ1v) is 6.16. The van der Waals surface area contributed by atoms with Crippen molar-refractivity contribution in [2.45, 2.75) is 44.9 Å². The molecule has 1 heterocycles. The van der Waals surface area contributed by atoms with E-state index in [0.29, 0.717) is 0 Å². The Labute approximate surface area is 109 Å². The van der Waals surface area contributed by atoms with Gasteiger partial charge in [-0.05, 0) is 38.8 Å². The van der Waals surface area contributed by atoms with Gasteiger partial charge in [-0.1, -0.05) is 0 Å². The van der Waals surface area contributed by atoms with Crippen LogP contribution in [0.2, 0.25) is 0 Å². The molecule has 0 aliphatic heterocycles. The van der Waals surface area contributed by atoms with Crippen LogP contribution in [0.1, 0.15) is 42.7 Å². The lowest BCUT2D eigenvalue weighted by molar-refractivity contribution is -0.141. The van der Waals surface area contributed by atoms with Crippen molar-refractivity contribution in [3.63, 3.8) is 0 Å². The van der Waals surface area contributed by atoms with E-state index < -0.39 is 11.9 Å². The summed E-state index contributed by atoms with van der Waals surface area (Å²) in [6.45, 7) is 3.79. The average Bonchev–Trinajstić information content (AvgIpc) is 3.12. The molecule has 0 saturated heterocycles. The van der Waals surface area contributed by atoms with E-state index in [2.05, 4.69) is 4.98 Å². The topological polar surface area (TPSA) is 33.2 Å². The van der Waals surface area contributed by atoms with Gasteiger partial charge in [0.2, 0.25) is 0 Å². The van der Waals surface area contributed by atoms with E-state index in [1.807, 2.05) is 13.8 Å². The molecule has 0 aromatic carbocycles. The number of amides is 1. The summed E-state index contributed by atoms with van der Waals surface area (Å²) in [5, 5.41) is 0. The molecule has 1 aliphatic carbocycles. The van der Waals surface area contributed by atoms with Gasteiger partial charge in [0.05, 0.1) is 5.56 Å². The molecule has 3 nitrogen and oxygen atoms in total. The van der Waals surface area contributed by atoms with Crippen molar-refractivity contribution >= 4 is 5.91 Å². The lowest BCUT2D eigenvalue weighted by Crippen LogP contribution is -2.38. The monoisotopic (exact) mass is 272 g/mol. The molecular weight excluding hydrogens is 257 g/mol. The number of aromatic nitrogens is 1. The smallest absolute Gasteiger partial charge is 0.333 e. The SMILES string of the molecule is CC(C)N(C(=O)c1ccc(C(F)(F)F)nc1)C1CC1. The zero-order valence-electron chi connectivity index (χ0n) is 10.7. The van der Waals surface area contributed by atoms with Crippen LogP contribution in [0.15, 0.2) is 18.3 Å². The lowest BCUT2D eigenvalue weighted by Gasteiger charge is -2.26. The predicted octanol–water partition coefficient (Wildman–Crippen LogP) is 3.11. The Morgan fingerprint density at radius 2 is 2.00 bits per heavy atom. The second-order valence-corrected chi connectivity index (χ2v) is 4.97. The van der Waals surface area contributed by atoms with Crippen molar-refractivity contribution in [3.05, 3.63) is 29.6 Å². The summed E-state index contributed by atoms with van der Waals surface area (Å²) >= 11 is 0. The Morgan fingerprint density at radius 3 is 2.37 bits per heavy atom. The Bertz CT molecular complexity index is 462. The summed E-state index contributed by atoms with van der Waals surface area (Å²) < 4.78 is 37.2. The van der Waals surface area contributed by atoms with Gasteiger partial charge in [-0.2, -0.15) is 13.2 Å². The molecule has 6 heteroatoms. The maximum absolute atomic E-state index is 12.4. The van der Waals surface area contributed by atoms with E-state index in [1.54, 1.807) is 4.90 Å². The molecule has 2 rings (SSSR count). The lowest BCUT2D eigenvalue weighted by atomic mass is 10.2. The summed E-state index contributed by atoms with van der Waals surface area (Å²) in [4.78, 5) is 17.3. The molecule has 0 N–H and O–H groups in total. The number of pyridine rings is 1. The fraction of sp³-hybridized carbons (Fsp3) is 0.538. The van der Waals surface area contributed by atoms with Gasteiger partial charge in [0, 0.05) is 18.3 Å². The maximum atomic E-state index is 12.4. The number of hydrogen-bond acceptors (Lipinski definition) is 2. The molecule has 1 amide bonds. The fourth-order valence-corrected chi connectivity index (χ4v) is 2.01. The van der Waals surface area contributed by atoms with Crippen LogP contribution >= 0.6 is 0 Å². The van der Waals surface area contributed by atoms with Crippen molar-refractivity contribution in [1.82, 2.24) is 9.88 Å². The number of rotatable bonds is 3. The number of carbonyl (C=O) groups excluding carboxylic acids is 1. The third-order valence-corrected chi connectivity index (χ3v) is 3.03. The first-order chi connectivity index (χ1) is 8.80. The van der Waals surface area contributed by atoms with Crippen LogP contribution in [-0.4, -0.2) is 27.9 Å². The number of nitrogens with zero attached hydrogens (tertiary/aromatic N) is 2. The average molecular weight is 272 g/mol. The van der Waals surface area contributed by atoms with Gasteiger partial charge in [0.1, 0.15) is 5.69 Å². The van der Waals surface area contributed by atoms with E-state index >= 15 is 0 Å². The second-order valence-electron chi connectivity index (χ2n) is 4.97. The first-order valence-electron chi connectivity index (χ1n) is 6.16. The molecule has 1 aromatic heterocycles. The van der Waals surface area contributed by atoms with E-state index in [1.165, 1.54) is 6.07 Å². The van der Waals surface area contributed by atoms with Crippen molar-refractivity contribution in [2.75, 3.05) is 0 Å². The molecule has 0 bridgehead atoms. The highest BCUT2D eigenvalue weighted by Gasteiger charge is 2.36. The van der Waals surface area contributed by atoms with Crippen molar-refractivity contribution < 1.29 is 18.0 Å². The Hall–Kier alpha value is -1.59. The van der Waals surface area contributed by atoms with Crippen LogP contribution in [0.3, 0.4) is 0 Å². The van der Waals surface area contributed by atoms with Crippen molar-refractivity contribution in [1.29, 1.82) is 0 Å². The van der Waals surface area contributed by atoms with E-state index in [9.17, 15) is 18.0 Å². The number of alkyl halides is 3. The standard InChI is InChI=1S/C13H15F3N2O/c1-8(2)18(10-4-5-10)12(19)9-3-6-11(17-7-9)13(14,15)16/h3,6-8,10H,4-5H2,1-2H3. The van der Waals surface area contributed by atoms with E-state index in [0.717, 1.165) is 25.1 Å². The van der Waals surface area contributed by atoms with Gasteiger partial charge in [-0.3, -0.25) is 9.78 Å². The van der Waals surface area contributed by atoms with Gasteiger partial charge in [-0.15, -0.1) is 0 Å². The van der Waals surface area contributed by atoms with Gasteiger partial charge in [-0.25, -0.2) is 0 Å². The largest absolute Gasteiger partial charge is 0.433 e. The highest BCUT2D eigenvalue weighted by Crippen LogP contribution is 2.31. The van der Waals surface area contributed by atoms with Crippen LogP contribution < -0.4 is 0 Å². The quantitative estimate of drug-likeness (QED) is 0.847. The van der Waals surface area contributed by atoms with Crippen molar-refractivity contribution in [2.24, 2.45) is 0 Å². The molecule has 1 saturated carbocycles. The summed E-state index contributed by atoms with van der Waals surface area (Å²) in [5.74, 6) is -0.251. The first kappa shape index (κ1) is 13.8. The summed E-state index contributed by atoms with van der Waals surface area (Å²) in [6.07, 6.45) is -1.56. The van der Waals surface area contributed by atoms with Crippen LogP contribution in [0, 0.1) is 0 Å². The maximum Gasteiger partial charge on any atom is 0.433 e. The Kier molecular flexibility index (Phi) is 3.52. The molecule has 1 aliphatic rings. The van der Waals surface area contributed by atoms with Crippen LogP contribution in [0.25, 0.3) is 0 Å². The number of carbonyl (C=O) groups is 1. The van der Waals surface area contributed by atoms with Crippen molar-refractivity contribution in [3.8, 4) is 0 Å². The van der Waals surface area contributed by atoms with Crippen LogP contribution in [0.4, 0.5) is 13.2 Å². The van der Waals surface area contributed by atoms with E-state index in [-0.39, 0.29) is 23.6 Å².